The van der Waals surface area contributed by atoms with Crippen LogP contribution in [0.25, 0.3) is 0 Å². The molecule has 1 aromatic rings. The summed E-state index contributed by atoms with van der Waals surface area (Å²) in [5.74, 6) is 2.49. The third-order valence-electron chi connectivity index (χ3n) is 5.44. The fraction of sp³-hybridized carbons (Fsp3) is 0.750. The van der Waals surface area contributed by atoms with E-state index in [0.29, 0.717) is 5.92 Å². The summed E-state index contributed by atoms with van der Waals surface area (Å²) in [5, 5.41) is 7.46. The van der Waals surface area contributed by atoms with Crippen LogP contribution in [0.2, 0.25) is 0 Å². The van der Waals surface area contributed by atoms with Gasteiger partial charge in [-0.25, -0.2) is 0 Å². The van der Waals surface area contributed by atoms with E-state index in [2.05, 4.69) is 17.3 Å². The highest BCUT2D eigenvalue weighted by Gasteiger charge is 2.42. The number of fused-ring (bicyclic) bond motifs is 2. The van der Waals surface area contributed by atoms with Crippen LogP contribution in [0.4, 0.5) is 0 Å². The van der Waals surface area contributed by atoms with E-state index in [1.165, 1.54) is 25.7 Å². The second-order valence-corrected chi connectivity index (χ2v) is 6.56. The molecule has 2 aliphatic rings. The van der Waals surface area contributed by atoms with E-state index in [4.69, 9.17) is 0 Å². The van der Waals surface area contributed by atoms with Gasteiger partial charge in [-0.2, -0.15) is 5.10 Å². The molecule has 0 aliphatic heterocycles. The van der Waals surface area contributed by atoms with Crippen LogP contribution in [0.1, 0.15) is 55.6 Å². The summed E-state index contributed by atoms with van der Waals surface area (Å²) in [6, 6.07) is 0.280. The molecule has 0 aromatic carbocycles. The van der Waals surface area contributed by atoms with Gasteiger partial charge in [0.05, 0.1) is 11.8 Å². The molecule has 4 heteroatoms. The van der Waals surface area contributed by atoms with Crippen molar-refractivity contribution in [3.8, 4) is 0 Å². The first-order chi connectivity index (χ1) is 9.60. The van der Waals surface area contributed by atoms with Gasteiger partial charge in [-0.15, -0.1) is 0 Å². The molecular formula is C16H25N3O. The van der Waals surface area contributed by atoms with E-state index >= 15 is 0 Å². The Kier molecular flexibility index (Phi) is 3.57. The lowest BCUT2D eigenvalue weighted by atomic mass is 9.84. The molecule has 1 aromatic heterocycles. The molecule has 4 atom stereocenters. The van der Waals surface area contributed by atoms with Gasteiger partial charge >= 0.3 is 0 Å². The SMILES string of the molecule is CCn1ncc(C(=O)N[C@@H](C)[C@H]2C[C@H]3CC[C@H]2C3)c1C. The molecule has 2 fully saturated rings. The Morgan fingerprint density at radius 2 is 2.30 bits per heavy atom. The number of nitrogens with one attached hydrogen (secondary N) is 1. The lowest BCUT2D eigenvalue weighted by Gasteiger charge is -2.28. The minimum atomic E-state index is 0.0393. The lowest BCUT2D eigenvalue weighted by molar-refractivity contribution is 0.0914. The molecule has 1 heterocycles. The number of nitrogens with zero attached hydrogens (tertiary/aromatic N) is 2. The van der Waals surface area contributed by atoms with E-state index < -0.39 is 0 Å². The van der Waals surface area contributed by atoms with Gasteiger partial charge < -0.3 is 5.32 Å². The highest BCUT2D eigenvalue weighted by molar-refractivity contribution is 5.95. The highest BCUT2D eigenvalue weighted by Crippen LogP contribution is 2.49. The molecule has 4 nitrogen and oxygen atoms in total. The van der Waals surface area contributed by atoms with Crippen molar-refractivity contribution in [2.45, 2.75) is 59.0 Å². The van der Waals surface area contributed by atoms with Gasteiger partial charge in [-0.1, -0.05) is 6.42 Å². The summed E-state index contributed by atoms with van der Waals surface area (Å²) in [5.41, 5.74) is 1.69. The zero-order valence-corrected chi connectivity index (χ0v) is 12.7. The van der Waals surface area contributed by atoms with Crippen molar-refractivity contribution in [1.29, 1.82) is 0 Å². The van der Waals surface area contributed by atoms with Crippen molar-refractivity contribution in [2.24, 2.45) is 17.8 Å². The molecule has 2 bridgehead atoms. The predicted octanol–water partition coefficient (Wildman–Crippen LogP) is 2.77. The zero-order valence-electron chi connectivity index (χ0n) is 12.7. The van der Waals surface area contributed by atoms with Gasteiger partial charge in [0.15, 0.2) is 0 Å². The number of carbonyl (C=O) groups is 1. The van der Waals surface area contributed by atoms with Crippen molar-refractivity contribution in [3.63, 3.8) is 0 Å². The minimum absolute atomic E-state index is 0.0393. The summed E-state index contributed by atoms with van der Waals surface area (Å²) in [6.45, 7) is 6.98. The average Bonchev–Trinajstić information content (AvgIpc) is 3.12. The number of aryl methyl sites for hydroxylation is 1. The number of amides is 1. The topological polar surface area (TPSA) is 46.9 Å². The van der Waals surface area contributed by atoms with Crippen molar-refractivity contribution in [3.05, 3.63) is 17.5 Å². The summed E-state index contributed by atoms with van der Waals surface area (Å²) in [4.78, 5) is 12.4. The number of rotatable bonds is 4. The van der Waals surface area contributed by atoms with Crippen LogP contribution in [0.15, 0.2) is 6.20 Å². The molecule has 110 valence electrons. The average molecular weight is 275 g/mol. The maximum Gasteiger partial charge on any atom is 0.254 e. The fourth-order valence-corrected chi connectivity index (χ4v) is 4.29. The first kappa shape index (κ1) is 13.7. The molecule has 3 rings (SSSR count). The largest absolute Gasteiger partial charge is 0.349 e. The Morgan fingerprint density at radius 3 is 2.85 bits per heavy atom. The van der Waals surface area contributed by atoms with Crippen molar-refractivity contribution in [2.75, 3.05) is 0 Å². The lowest BCUT2D eigenvalue weighted by Crippen LogP contribution is -2.40. The smallest absolute Gasteiger partial charge is 0.254 e. The zero-order chi connectivity index (χ0) is 14.3. The Labute approximate surface area is 120 Å². The van der Waals surface area contributed by atoms with Crippen LogP contribution >= 0.6 is 0 Å². The molecule has 2 aliphatic carbocycles. The van der Waals surface area contributed by atoms with E-state index in [1.807, 2.05) is 18.5 Å². The van der Waals surface area contributed by atoms with Gasteiger partial charge in [-0.05, 0) is 57.8 Å². The van der Waals surface area contributed by atoms with Crippen molar-refractivity contribution < 1.29 is 4.79 Å². The predicted molar refractivity (Wildman–Crippen MR) is 78.5 cm³/mol. The molecule has 1 N–H and O–H groups in total. The van der Waals surface area contributed by atoms with Crippen LogP contribution in [0.5, 0.6) is 0 Å². The van der Waals surface area contributed by atoms with E-state index in [0.717, 1.165) is 29.6 Å². The van der Waals surface area contributed by atoms with E-state index in [9.17, 15) is 4.79 Å². The van der Waals surface area contributed by atoms with Gasteiger partial charge in [0.2, 0.25) is 0 Å². The van der Waals surface area contributed by atoms with E-state index in [1.54, 1.807) is 6.20 Å². The van der Waals surface area contributed by atoms with Gasteiger partial charge in [0, 0.05) is 18.3 Å². The van der Waals surface area contributed by atoms with E-state index in [-0.39, 0.29) is 11.9 Å². The highest BCUT2D eigenvalue weighted by atomic mass is 16.1. The van der Waals surface area contributed by atoms with Crippen LogP contribution in [0.3, 0.4) is 0 Å². The number of carbonyl (C=O) groups excluding carboxylic acids is 1. The standard InChI is InChI=1S/C16H25N3O/c1-4-19-11(3)15(9-17-19)16(20)18-10(2)14-8-12-5-6-13(14)7-12/h9-10,12-14H,4-8H2,1-3H3,(H,18,20)/t10-,12-,13-,14+/m0/s1. The number of aromatic nitrogens is 2. The molecule has 20 heavy (non-hydrogen) atoms. The van der Waals surface area contributed by atoms with Crippen LogP contribution in [0, 0.1) is 24.7 Å². The summed E-state index contributed by atoms with van der Waals surface area (Å²) in [6.07, 6.45) is 7.16. The fourth-order valence-electron chi connectivity index (χ4n) is 4.29. The maximum atomic E-state index is 12.4. The normalized spacial score (nSPS) is 29.6. The molecule has 0 saturated heterocycles. The Balaban J connectivity index is 1.65. The number of hydrogen-bond donors (Lipinski definition) is 1. The minimum Gasteiger partial charge on any atom is -0.349 e. The van der Waals surface area contributed by atoms with Crippen LogP contribution in [-0.2, 0) is 6.54 Å². The monoisotopic (exact) mass is 275 g/mol. The third-order valence-corrected chi connectivity index (χ3v) is 5.44. The Bertz CT molecular complexity index is 508. The molecule has 1 amide bonds. The summed E-state index contributed by atoms with van der Waals surface area (Å²) in [7, 11) is 0. The molecule has 2 saturated carbocycles. The van der Waals surface area contributed by atoms with Gasteiger partial charge in [0.1, 0.15) is 0 Å². The van der Waals surface area contributed by atoms with Crippen molar-refractivity contribution >= 4 is 5.91 Å². The Hall–Kier alpha value is -1.32. The van der Waals surface area contributed by atoms with Crippen LogP contribution < -0.4 is 5.32 Å². The third kappa shape index (κ3) is 2.25. The first-order valence-corrected chi connectivity index (χ1v) is 7.93. The van der Waals surface area contributed by atoms with Crippen LogP contribution in [-0.4, -0.2) is 21.7 Å². The second-order valence-electron chi connectivity index (χ2n) is 6.56. The quantitative estimate of drug-likeness (QED) is 0.918. The molecule has 0 unspecified atom stereocenters. The van der Waals surface area contributed by atoms with Gasteiger partial charge in [-0.3, -0.25) is 9.48 Å². The first-order valence-electron chi connectivity index (χ1n) is 7.93. The molecule has 0 radical (unpaired) electrons. The molecule has 0 spiro atoms. The van der Waals surface area contributed by atoms with Gasteiger partial charge in [0.25, 0.3) is 5.91 Å². The summed E-state index contributed by atoms with van der Waals surface area (Å²) >= 11 is 0. The second kappa shape index (κ2) is 5.23. The molecular weight excluding hydrogens is 250 g/mol. The van der Waals surface area contributed by atoms with Crippen molar-refractivity contribution in [1.82, 2.24) is 15.1 Å². The number of hydrogen-bond acceptors (Lipinski definition) is 2. The summed E-state index contributed by atoms with van der Waals surface area (Å²) < 4.78 is 1.87. The maximum absolute atomic E-state index is 12.4. The Morgan fingerprint density at radius 1 is 1.50 bits per heavy atom.